The quantitative estimate of drug-likeness (QED) is 0.868. The molecular formula is C15H15F3N2O2S2. The summed E-state index contributed by atoms with van der Waals surface area (Å²) in [4.78, 5) is 2.02. The molecule has 3 rings (SSSR count). The van der Waals surface area contributed by atoms with E-state index in [2.05, 4.69) is 0 Å². The minimum absolute atomic E-state index is 0.175. The van der Waals surface area contributed by atoms with Gasteiger partial charge in [-0.2, -0.15) is 13.2 Å². The summed E-state index contributed by atoms with van der Waals surface area (Å²) in [6, 6.07) is 7.19. The topological polar surface area (TPSA) is 63.4 Å². The van der Waals surface area contributed by atoms with Gasteiger partial charge < -0.3 is 4.90 Å². The first-order valence-electron chi connectivity index (χ1n) is 7.19. The van der Waals surface area contributed by atoms with Gasteiger partial charge in [0.2, 0.25) is 10.0 Å². The van der Waals surface area contributed by atoms with Gasteiger partial charge >= 0.3 is 6.18 Å². The summed E-state index contributed by atoms with van der Waals surface area (Å²) >= 11 is 1.53. The maximum atomic E-state index is 13.3. The highest BCUT2D eigenvalue weighted by molar-refractivity contribution is 7.89. The number of sulfonamides is 1. The van der Waals surface area contributed by atoms with Crippen molar-refractivity contribution in [1.82, 2.24) is 0 Å². The molecular weight excluding hydrogens is 361 g/mol. The van der Waals surface area contributed by atoms with Crippen molar-refractivity contribution in [2.24, 2.45) is 5.14 Å². The molecule has 1 fully saturated rings. The van der Waals surface area contributed by atoms with Gasteiger partial charge in [-0.1, -0.05) is 6.07 Å². The number of benzene rings is 1. The van der Waals surface area contributed by atoms with Crippen LogP contribution in [0.1, 0.15) is 23.3 Å². The molecule has 2 N–H and O–H groups in total. The van der Waals surface area contributed by atoms with Crippen molar-refractivity contribution in [3.63, 3.8) is 0 Å². The van der Waals surface area contributed by atoms with E-state index in [4.69, 9.17) is 5.14 Å². The van der Waals surface area contributed by atoms with Crippen LogP contribution in [0.25, 0.3) is 0 Å². The van der Waals surface area contributed by atoms with Crippen LogP contribution in [-0.4, -0.2) is 14.5 Å². The van der Waals surface area contributed by atoms with Crippen LogP contribution in [0.2, 0.25) is 0 Å². The molecule has 24 heavy (non-hydrogen) atoms. The number of hydrogen-bond donors (Lipinski definition) is 1. The van der Waals surface area contributed by atoms with Crippen LogP contribution in [0.3, 0.4) is 0 Å². The highest BCUT2D eigenvalue weighted by Crippen LogP contribution is 2.39. The second-order valence-corrected chi connectivity index (χ2v) is 8.22. The zero-order chi connectivity index (χ0) is 17.5. The summed E-state index contributed by atoms with van der Waals surface area (Å²) in [7, 11) is -4.45. The molecule has 1 aromatic carbocycles. The molecule has 0 saturated heterocycles. The van der Waals surface area contributed by atoms with E-state index in [-0.39, 0.29) is 6.04 Å². The Labute approximate surface area is 141 Å². The third-order valence-electron chi connectivity index (χ3n) is 3.80. The number of primary sulfonamides is 1. The number of thiophene rings is 1. The van der Waals surface area contributed by atoms with Crippen molar-refractivity contribution in [2.45, 2.75) is 36.5 Å². The zero-order valence-corrected chi connectivity index (χ0v) is 14.1. The average Bonchev–Trinajstić information content (AvgIpc) is 3.19. The number of hydrogen-bond acceptors (Lipinski definition) is 4. The van der Waals surface area contributed by atoms with Gasteiger partial charge in [0.25, 0.3) is 0 Å². The van der Waals surface area contributed by atoms with Crippen molar-refractivity contribution in [3.05, 3.63) is 46.2 Å². The van der Waals surface area contributed by atoms with Crippen molar-refractivity contribution >= 4 is 27.0 Å². The molecule has 1 aromatic heterocycles. The van der Waals surface area contributed by atoms with E-state index in [1.807, 2.05) is 22.4 Å². The van der Waals surface area contributed by atoms with Crippen LogP contribution in [0, 0.1) is 0 Å². The van der Waals surface area contributed by atoms with Crippen molar-refractivity contribution in [3.8, 4) is 0 Å². The van der Waals surface area contributed by atoms with E-state index in [1.54, 1.807) is 0 Å². The van der Waals surface area contributed by atoms with Crippen LogP contribution in [0.15, 0.2) is 40.6 Å². The summed E-state index contributed by atoms with van der Waals surface area (Å²) in [5.74, 6) is 0. The Morgan fingerprint density at radius 2 is 1.96 bits per heavy atom. The van der Waals surface area contributed by atoms with Gasteiger partial charge in [-0.15, -0.1) is 11.3 Å². The first-order valence-corrected chi connectivity index (χ1v) is 9.62. The first kappa shape index (κ1) is 17.2. The van der Waals surface area contributed by atoms with Gasteiger partial charge in [-0.3, -0.25) is 0 Å². The zero-order valence-electron chi connectivity index (χ0n) is 12.5. The van der Waals surface area contributed by atoms with E-state index in [9.17, 15) is 21.6 Å². The lowest BCUT2D eigenvalue weighted by atomic mass is 10.1. The van der Waals surface area contributed by atoms with Crippen LogP contribution in [0.4, 0.5) is 18.9 Å². The fourth-order valence-corrected chi connectivity index (χ4v) is 4.00. The van der Waals surface area contributed by atoms with Crippen molar-refractivity contribution < 1.29 is 21.6 Å². The van der Waals surface area contributed by atoms with Crippen LogP contribution >= 0.6 is 11.3 Å². The number of anilines is 1. The molecule has 0 aliphatic heterocycles. The summed E-state index contributed by atoms with van der Waals surface area (Å²) in [6.07, 6.45) is -2.98. The summed E-state index contributed by atoms with van der Waals surface area (Å²) < 4.78 is 62.7. The highest BCUT2D eigenvalue weighted by atomic mass is 32.2. The molecule has 9 heteroatoms. The molecule has 0 unspecified atom stereocenters. The van der Waals surface area contributed by atoms with E-state index in [1.165, 1.54) is 17.4 Å². The molecule has 1 aliphatic carbocycles. The standard InChI is InChI=1S/C15H15F3N2O2S2/c16-15(17,18)13-8-11(5-6-14(13)24(19,21)22)20(10-3-4-10)9-12-2-1-7-23-12/h1-2,5-8,10H,3-4,9H2,(H2,19,21,22). The molecule has 1 aliphatic rings. The molecule has 0 spiro atoms. The predicted molar refractivity (Wildman–Crippen MR) is 86.3 cm³/mol. The number of nitrogens with two attached hydrogens (primary N) is 1. The lowest BCUT2D eigenvalue weighted by Gasteiger charge is -2.25. The number of halogens is 3. The molecule has 1 heterocycles. The first-order chi connectivity index (χ1) is 11.2. The largest absolute Gasteiger partial charge is 0.417 e. The molecule has 0 amide bonds. The second kappa shape index (κ2) is 6.05. The molecule has 1 saturated carbocycles. The fourth-order valence-electron chi connectivity index (χ4n) is 2.55. The van der Waals surface area contributed by atoms with Crippen molar-refractivity contribution in [1.29, 1.82) is 0 Å². The lowest BCUT2D eigenvalue weighted by molar-refractivity contribution is -0.139. The minimum Gasteiger partial charge on any atom is -0.363 e. The van der Waals surface area contributed by atoms with E-state index >= 15 is 0 Å². The molecule has 4 nitrogen and oxygen atoms in total. The van der Waals surface area contributed by atoms with E-state index in [0.29, 0.717) is 12.2 Å². The Hall–Kier alpha value is -1.58. The minimum atomic E-state index is -4.80. The Kier molecular flexibility index (Phi) is 4.35. The van der Waals surface area contributed by atoms with E-state index in [0.717, 1.165) is 29.9 Å². The molecule has 130 valence electrons. The van der Waals surface area contributed by atoms with Crippen LogP contribution in [0.5, 0.6) is 0 Å². The normalized spacial score (nSPS) is 15.5. The highest BCUT2D eigenvalue weighted by Gasteiger charge is 2.38. The van der Waals surface area contributed by atoms with E-state index < -0.39 is 26.7 Å². The van der Waals surface area contributed by atoms with Crippen LogP contribution in [-0.2, 0) is 22.7 Å². The van der Waals surface area contributed by atoms with Gasteiger partial charge in [-0.25, -0.2) is 13.6 Å². The summed E-state index contributed by atoms with van der Waals surface area (Å²) in [6.45, 7) is 0.494. The maximum Gasteiger partial charge on any atom is 0.417 e. The number of alkyl halides is 3. The predicted octanol–water partition coefficient (Wildman–Crippen LogP) is 3.58. The van der Waals surface area contributed by atoms with Crippen LogP contribution < -0.4 is 10.0 Å². The molecule has 0 bridgehead atoms. The number of nitrogens with zero attached hydrogens (tertiary/aromatic N) is 1. The summed E-state index contributed by atoms with van der Waals surface area (Å²) in [5, 5.41) is 6.83. The molecule has 0 atom stereocenters. The average molecular weight is 376 g/mol. The van der Waals surface area contributed by atoms with Gasteiger partial charge in [0.05, 0.1) is 17.0 Å². The Morgan fingerprint density at radius 3 is 2.46 bits per heavy atom. The molecule has 0 radical (unpaired) electrons. The summed E-state index contributed by atoms with van der Waals surface area (Å²) in [5.41, 5.74) is -0.870. The SMILES string of the molecule is NS(=O)(=O)c1ccc(N(Cc2cccs2)C2CC2)cc1C(F)(F)F. The monoisotopic (exact) mass is 376 g/mol. The van der Waals surface area contributed by atoms with Crippen molar-refractivity contribution in [2.75, 3.05) is 4.90 Å². The van der Waals surface area contributed by atoms with Gasteiger partial charge in [-0.05, 0) is 42.5 Å². The van der Waals surface area contributed by atoms with Gasteiger partial charge in [0, 0.05) is 16.6 Å². The smallest absolute Gasteiger partial charge is 0.363 e. The second-order valence-electron chi connectivity index (χ2n) is 5.66. The third kappa shape index (κ3) is 3.73. The van der Waals surface area contributed by atoms with Gasteiger partial charge in [0.15, 0.2) is 0 Å². The lowest BCUT2D eigenvalue weighted by Crippen LogP contribution is -2.26. The Balaban J connectivity index is 2.03. The Bertz CT molecular complexity index is 829. The van der Waals surface area contributed by atoms with Gasteiger partial charge in [0.1, 0.15) is 0 Å². The molecule has 2 aromatic rings. The maximum absolute atomic E-state index is 13.3. The third-order valence-corrected chi connectivity index (χ3v) is 5.63. The fraction of sp³-hybridized carbons (Fsp3) is 0.333. The number of rotatable bonds is 5. The Morgan fingerprint density at radius 1 is 1.25 bits per heavy atom.